The van der Waals surface area contributed by atoms with Gasteiger partial charge in [0.05, 0.1) is 12.1 Å². The zero-order chi connectivity index (χ0) is 14.0. The first-order valence-electron chi connectivity index (χ1n) is 6.69. The maximum absolute atomic E-state index is 13.4. The van der Waals surface area contributed by atoms with Crippen molar-refractivity contribution in [3.05, 3.63) is 51.7 Å². The predicted molar refractivity (Wildman–Crippen MR) is 77.5 cm³/mol. The molecular formula is C15H17FN2OS. The molecule has 3 rings (SSSR count). The number of nitrogens with zero attached hydrogens (tertiary/aromatic N) is 1. The van der Waals surface area contributed by atoms with Gasteiger partial charge in [-0.15, -0.1) is 11.3 Å². The number of benzene rings is 1. The monoisotopic (exact) mass is 292 g/mol. The van der Waals surface area contributed by atoms with Crippen LogP contribution in [0.4, 0.5) is 4.39 Å². The quantitative estimate of drug-likeness (QED) is 0.860. The Hall–Kier alpha value is -1.30. The number of methoxy groups -OCH3 is 1. The van der Waals surface area contributed by atoms with Gasteiger partial charge < -0.3 is 4.74 Å². The molecule has 0 aliphatic heterocycles. The summed E-state index contributed by atoms with van der Waals surface area (Å²) in [7, 11) is 1.69. The van der Waals surface area contributed by atoms with E-state index in [0.29, 0.717) is 6.61 Å². The van der Waals surface area contributed by atoms with E-state index in [-0.39, 0.29) is 11.4 Å². The van der Waals surface area contributed by atoms with Crippen molar-refractivity contribution in [2.45, 2.75) is 18.4 Å². The summed E-state index contributed by atoms with van der Waals surface area (Å²) in [5, 5.41) is 6.60. The molecular weight excluding hydrogens is 275 g/mol. The van der Waals surface area contributed by atoms with Gasteiger partial charge in [0.2, 0.25) is 0 Å². The van der Waals surface area contributed by atoms with Crippen molar-refractivity contribution in [2.75, 3.05) is 20.3 Å². The van der Waals surface area contributed by atoms with Crippen LogP contribution in [0, 0.1) is 5.82 Å². The fraction of sp³-hybridized carbons (Fsp3) is 0.400. The minimum atomic E-state index is -0.296. The second-order valence-corrected chi connectivity index (χ2v) is 5.86. The zero-order valence-corrected chi connectivity index (χ0v) is 12.2. The molecule has 106 valence electrons. The van der Waals surface area contributed by atoms with E-state index in [1.165, 1.54) is 6.07 Å². The van der Waals surface area contributed by atoms with Crippen LogP contribution in [0.3, 0.4) is 0 Å². The van der Waals surface area contributed by atoms with E-state index in [2.05, 4.69) is 10.3 Å². The van der Waals surface area contributed by atoms with Crippen LogP contribution in [0.25, 0.3) is 0 Å². The lowest BCUT2D eigenvalue weighted by Crippen LogP contribution is -2.43. The summed E-state index contributed by atoms with van der Waals surface area (Å²) in [5.41, 5.74) is 1.92. The molecule has 2 aromatic rings. The summed E-state index contributed by atoms with van der Waals surface area (Å²) >= 11 is 1.64. The molecule has 1 N–H and O–H groups in total. The van der Waals surface area contributed by atoms with Crippen molar-refractivity contribution >= 4 is 11.3 Å². The Labute approximate surface area is 121 Å². The largest absolute Gasteiger partial charge is 0.383 e. The number of hydrogen-bond donors (Lipinski definition) is 1. The summed E-state index contributed by atoms with van der Waals surface area (Å²) in [6, 6.07) is 5.06. The molecule has 5 heteroatoms. The molecule has 1 aliphatic rings. The third-order valence-corrected chi connectivity index (χ3v) is 4.76. The SMILES string of the molecule is COCCNC1(c2nccs2)CCc2cc(F)ccc21. The standard InChI is InChI=1S/C15H17FN2OS/c1-19-8-6-18-15(14-17-7-9-20-14)5-4-11-10-12(16)2-3-13(11)15/h2-3,7,9-10,18H,4-6,8H2,1H3. The van der Waals surface area contributed by atoms with Crippen molar-refractivity contribution < 1.29 is 9.13 Å². The molecule has 0 spiro atoms. The van der Waals surface area contributed by atoms with Crippen LogP contribution in [0.15, 0.2) is 29.8 Å². The molecule has 1 aromatic carbocycles. The smallest absolute Gasteiger partial charge is 0.123 e. The lowest BCUT2D eigenvalue weighted by molar-refractivity contribution is 0.189. The number of aryl methyl sites for hydroxylation is 1. The summed E-state index contributed by atoms with van der Waals surface area (Å²) in [5.74, 6) is -0.171. The third kappa shape index (κ3) is 2.26. The van der Waals surface area contributed by atoms with Crippen LogP contribution in [-0.2, 0) is 16.7 Å². The van der Waals surface area contributed by atoms with Gasteiger partial charge in [-0.1, -0.05) is 6.07 Å². The van der Waals surface area contributed by atoms with Crippen molar-refractivity contribution in [3.63, 3.8) is 0 Å². The average Bonchev–Trinajstić information content (AvgIpc) is 3.07. The topological polar surface area (TPSA) is 34.1 Å². The number of nitrogens with one attached hydrogen (secondary N) is 1. The highest BCUT2D eigenvalue weighted by atomic mass is 32.1. The van der Waals surface area contributed by atoms with Crippen LogP contribution in [0.1, 0.15) is 22.6 Å². The number of rotatable bonds is 5. The molecule has 0 fully saturated rings. The number of halogens is 1. The van der Waals surface area contributed by atoms with Gasteiger partial charge in [0.25, 0.3) is 0 Å². The Morgan fingerprint density at radius 2 is 2.40 bits per heavy atom. The van der Waals surface area contributed by atoms with Crippen LogP contribution in [-0.4, -0.2) is 25.2 Å². The van der Waals surface area contributed by atoms with E-state index < -0.39 is 0 Å². The Bertz CT molecular complexity index is 588. The Morgan fingerprint density at radius 3 is 3.15 bits per heavy atom. The van der Waals surface area contributed by atoms with Gasteiger partial charge in [-0.05, 0) is 36.1 Å². The molecule has 1 atom stereocenters. The van der Waals surface area contributed by atoms with E-state index >= 15 is 0 Å². The molecule has 0 saturated heterocycles. The molecule has 3 nitrogen and oxygen atoms in total. The van der Waals surface area contributed by atoms with Gasteiger partial charge in [-0.25, -0.2) is 9.37 Å². The summed E-state index contributed by atoms with van der Waals surface area (Å²) < 4.78 is 18.5. The molecule has 20 heavy (non-hydrogen) atoms. The minimum absolute atomic E-state index is 0.171. The van der Waals surface area contributed by atoms with Crippen LogP contribution >= 0.6 is 11.3 Å². The Balaban J connectivity index is 2.01. The van der Waals surface area contributed by atoms with E-state index in [1.807, 2.05) is 17.6 Å². The van der Waals surface area contributed by atoms with Gasteiger partial charge in [0.1, 0.15) is 10.8 Å². The van der Waals surface area contributed by atoms with Crippen molar-refractivity contribution in [1.82, 2.24) is 10.3 Å². The number of fused-ring (bicyclic) bond motifs is 1. The molecule has 0 amide bonds. The first-order chi connectivity index (χ1) is 9.76. The summed E-state index contributed by atoms with van der Waals surface area (Å²) in [4.78, 5) is 4.49. The minimum Gasteiger partial charge on any atom is -0.383 e. The molecule has 0 bridgehead atoms. The normalized spacial score (nSPS) is 21.1. The molecule has 0 saturated carbocycles. The average molecular weight is 292 g/mol. The fourth-order valence-corrected chi connectivity index (χ4v) is 3.78. The van der Waals surface area contributed by atoms with Crippen LogP contribution in [0.5, 0.6) is 0 Å². The van der Waals surface area contributed by atoms with Crippen LogP contribution in [0.2, 0.25) is 0 Å². The van der Waals surface area contributed by atoms with Gasteiger partial charge in [0.15, 0.2) is 0 Å². The molecule has 1 heterocycles. The van der Waals surface area contributed by atoms with Gasteiger partial charge in [-0.3, -0.25) is 5.32 Å². The Morgan fingerprint density at radius 1 is 1.50 bits per heavy atom. The zero-order valence-electron chi connectivity index (χ0n) is 11.4. The lowest BCUT2D eigenvalue weighted by Gasteiger charge is -2.30. The summed E-state index contributed by atoms with van der Waals surface area (Å²) in [6.45, 7) is 1.39. The van der Waals surface area contributed by atoms with Crippen molar-refractivity contribution in [2.24, 2.45) is 0 Å². The highest BCUT2D eigenvalue weighted by Gasteiger charge is 2.41. The highest BCUT2D eigenvalue weighted by molar-refractivity contribution is 7.09. The molecule has 1 aromatic heterocycles. The second-order valence-electron chi connectivity index (χ2n) is 4.96. The predicted octanol–water partition coefficient (Wildman–Crippen LogP) is 2.71. The maximum Gasteiger partial charge on any atom is 0.123 e. The first-order valence-corrected chi connectivity index (χ1v) is 7.57. The van der Waals surface area contributed by atoms with E-state index in [9.17, 15) is 4.39 Å². The Kier molecular flexibility index (Phi) is 3.83. The summed E-state index contributed by atoms with van der Waals surface area (Å²) in [6.07, 6.45) is 3.59. The van der Waals surface area contributed by atoms with Gasteiger partial charge >= 0.3 is 0 Å². The van der Waals surface area contributed by atoms with Crippen molar-refractivity contribution in [3.8, 4) is 0 Å². The van der Waals surface area contributed by atoms with E-state index in [4.69, 9.17) is 4.74 Å². The van der Waals surface area contributed by atoms with E-state index in [1.54, 1.807) is 24.5 Å². The highest BCUT2D eigenvalue weighted by Crippen LogP contribution is 2.42. The molecule has 0 radical (unpaired) electrons. The third-order valence-electron chi connectivity index (χ3n) is 3.83. The number of thiazole rings is 1. The van der Waals surface area contributed by atoms with E-state index in [0.717, 1.165) is 35.5 Å². The van der Waals surface area contributed by atoms with Gasteiger partial charge in [-0.2, -0.15) is 0 Å². The fourth-order valence-electron chi connectivity index (χ4n) is 2.92. The van der Waals surface area contributed by atoms with Gasteiger partial charge in [0, 0.05) is 25.2 Å². The van der Waals surface area contributed by atoms with Crippen LogP contribution < -0.4 is 5.32 Å². The molecule has 1 unspecified atom stereocenters. The lowest BCUT2D eigenvalue weighted by atomic mass is 9.92. The molecule has 1 aliphatic carbocycles. The number of aromatic nitrogens is 1. The van der Waals surface area contributed by atoms with Crippen molar-refractivity contribution in [1.29, 1.82) is 0 Å². The first kappa shape index (κ1) is 13.7. The second kappa shape index (κ2) is 5.60. The number of ether oxygens (including phenoxy) is 1. The maximum atomic E-state index is 13.4. The number of hydrogen-bond acceptors (Lipinski definition) is 4.